The number of aromatic amines is 1. The van der Waals surface area contributed by atoms with Crippen molar-refractivity contribution < 1.29 is 4.79 Å². The van der Waals surface area contributed by atoms with Crippen LogP contribution in [0.1, 0.15) is 27.4 Å². The van der Waals surface area contributed by atoms with Crippen molar-refractivity contribution in [2.75, 3.05) is 7.05 Å². The van der Waals surface area contributed by atoms with Crippen molar-refractivity contribution in [2.24, 2.45) is 7.05 Å². The molecule has 1 N–H and O–H groups in total. The van der Waals surface area contributed by atoms with Gasteiger partial charge in [0.15, 0.2) is 0 Å². The molecule has 1 aromatic carbocycles. The Morgan fingerprint density at radius 2 is 1.96 bits per heavy atom. The highest BCUT2D eigenvalue weighted by Gasteiger charge is 2.19. The summed E-state index contributed by atoms with van der Waals surface area (Å²) >= 11 is 0. The van der Waals surface area contributed by atoms with Crippen molar-refractivity contribution in [1.82, 2.24) is 24.9 Å². The van der Waals surface area contributed by atoms with E-state index in [0.717, 1.165) is 28.2 Å². The van der Waals surface area contributed by atoms with Crippen molar-refractivity contribution in [3.05, 3.63) is 59.0 Å². The highest BCUT2D eigenvalue weighted by molar-refractivity contribution is 5.93. The van der Waals surface area contributed by atoms with Crippen molar-refractivity contribution in [3.63, 3.8) is 0 Å². The van der Waals surface area contributed by atoms with Gasteiger partial charge in [-0.1, -0.05) is 30.3 Å². The first-order valence-corrected chi connectivity index (χ1v) is 7.82. The van der Waals surface area contributed by atoms with E-state index in [4.69, 9.17) is 0 Å². The molecule has 2 heterocycles. The van der Waals surface area contributed by atoms with E-state index in [9.17, 15) is 4.79 Å². The van der Waals surface area contributed by atoms with Crippen LogP contribution in [0.2, 0.25) is 0 Å². The summed E-state index contributed by atoms with van der Waals surface area (Å²) in [6.07, 6.45) is 0. The Morgan fingerprint density at radius 1 is 1.25 bits per heavy atom. The molecule has 3 aromatic rings. The number of carbonyl (C=O) groups excluding carboxylic acids is 1. The lowest BCUT2D eigenvalue weighted by Gasteiger charge is -2.16. The van der Waals surface area contributed by atoms with Crippen molar-refractivity contribution in [1.29, 1.82) is 0 Å². The number of benzene rings is 1. The number of nitrogens with one attached hydrogen (secondary N) is 1. The molecule has 0 spiro atoms. The van der Waals surface area contributed by atoms with E-state index in [1.807, 2.05) is 55.9 Å². The average Bonchev–Trinajstić information content (AvgIpc) is 3.13. The summed E-state index contributed by atoms with van der Waals surface area (Å²) < 4.78 is 1.82. The zero-order chi connectivity index (χ0) is 17.3. The third-order valence-electron chi connectivity index (χ3n) is 4.18. The van der Waals surface area contributed by atoms with Gasteiger partial charge in [-0.25, -0.2) is 0 Å². The number of aryl methyl sites for hydroxylation is 2. The monoisotopic (exact) mass is 323 g/mol. The lowest BCUT2D eigenvalue weighted by atomic mass is 10.1. The molecular weight excluding hydrogens is 302 g/mol. The van der Waals surface area contributed by atoms with Crippen LogP contribution < -0.4 is 0 Å². The summed E-state index contributed by atoms with van der Waals surface area (Å²) in [7, 11) is 3.69. The maximum absolute atomic E-state index is 12.6. The van der Waals surface area contributed by atoms with Gasteiger partial charge in [-0.05, 0) is 25.5 Å². The van der Waals surface area contributed by atoms with Gasteiger partial charge in [-0.2, -0.15) is 10.2 Å². The molecule has 24 heavy (non-hydrogen) atoms. The molecule has 0 fully saturated rings. The molecule has 124 valence electrons. The molecule has 2 aromatic heterocycles. The first-order valence-electron chi connectivity index (χ1n) is 7.82. The third-order valence-corrected chi connectivity index (χ3v) is 4.18. The van der Waals surface area contributed by atoms with Crippen LogP contribution >= 0.6 is 0 Å². The zero-order valence-corrected chi connectivity index (χ0v) is 14.4. The number of amides is 1. The van der Waals surface area contributed by atoms with Crippen LogP contribution in [0.5, 0.6) is 0 Å². The molecule has 6 nitrogen and oxygen atoms in total. The highest BCUT2D eigenvalue weighted by Crippen LogP contribution is 2.25. The molecule has 0 aliphatic carbocycles. The summed E-state index contributed by atoms with van der Waals surface area (Å²) in [5.41, 5.74) is 5.21. The maximum atomic E-state index is 12.6. The smallest absolute Gasteiger partial charge is 0.271 e. The van der Waals surface area contributed by atoms with Gasteiger partial charge in [0.2, 0.25) is 0 Å². The largest absolute Gasteiger partial charge is 0.336 e. The van der Waals surface area contributed by atoms with Crippen LogP contribution in [0.15, 0.2) is 36.4 Å². The zero-order valence-electron chi connectivity index (χ0n) is 14.4. The molecule has 0 bridgehead atoms. The number of nitrogens with zero attached hydrogens (tertiary/aromatic N) is 4. The second kappa shape index (κ2) is 6.31. The van der Waals surface area contributed by atoms with E-state index in [1.165, 1.54) is 0 Å². The Labute approximate surface area is 141 Å². The Kier molecular flexibility index (Phi) is 4.20. The summed E-state index contributed by atoms with van der Waals surface area (Å²) in [4.78, 5) is 14.3. The summed E-state index contributed by atoms with van der Waals surface area (Å²) in [5, 5.41) is 11.6. The second-order valence-electron chi connectivity index (χ2n) is 5.98. The lowest BCUT2D eigenvalue weighted by molar-refractivity contribution is 0.0779. The van der Waals surface area contributed by atoms with Gasteiger partial charge in [0.25, 0.3) is 5.91 Å². The second-order valence-corrected chi connectivity index (χ2v) is 5.98. The standard InChI is InChI=1S/C18H21N5O/c1-12-17(13(2)23(4)21-12)15-10-16(20-19-15)18(24)22(3)11-14-8-6-5-7-9-14/h5-10H,11H2,1-4H3,(H,19,20). The normalized spacial score (nSPS) is 10.8. The van der Waals surface area contributed by atoms with Gasteiger partial charge >= 0.3 is 0 Å². The number of rotatable bonds is 4. The van der Waals surface area contributed by atoms with Crippen LogP contribution in [-0.4, -0.2) is 37.8 Å². The highest BCUT2D eigenvalue weighted by atomic mass is 16.2. The number of carbonyl (C=O) groups is 1. The third kappa shape index (κ3) is 2.95. The fourth-order valence-electron chi connectivity index (χ4n) is 2.84. The molecule has 0 aliphatic rings. The van der Waals surface area contributed by atoms with E-state index in [2.05, 4.69) is 15.3 Å². The first kappa shape index (κ1) is 16.0. The SMILES string of the molecule is Cc1nn(C)c(C)c1-c1cc(C(=O)N(C)Cc2ccccc2)[nH]n1. The van der Waals surface area contributed by atoms with Gasteiger partial charge in [-0.15, -0.1) is 0 Å². The summed E-state index contributed by atoms with van der Waals surface area (Å²) in [6, 6.07) is 11.7. The minimum absolute atomic E-state index is 0.0863. The molecule has 3 rings (SSSR count). The molecule has 0 aliphatic heterocycles. The van der Waals surface area contributed by atoms with Crippen LogP contribution in [0.25, 0.3) is 11.3 Å². The van der Waals surface area contributed by atoms with Crippen LogP contribution in [0.3, 0.4) is 0 Å². The predicted octanol–water partition coefficient (Wildman–Crippen LogP) is 2.70. The van der Waals surface area contributed by atoms with Gasteiger partial charge in [0, 0.05) is 31.9 Å². The van der Waals surface area contributed by atoms with Gasteiger partial charge in [0.1, 0.15) is 5.69 Å². The average molecular weight is 323 g/mol. The molecule has 0 saturated heterocycles. The Morgan fingerprint density at radius 3 is 2.58 bits per heavy atom. The fourth-order valence-corrected chi connectivity index (χ4v) is 2.84. The number of aromatic nitrogens is 4. The van der Waals surface area contributed by atoms with Crippen LogP contribution in [-0.2, 0) is 13.6 Å². The lowest BCUT2D eigenvalue weighted by Crippen LogP contribution is -2.26. The quantitative estimate of drug-likeness (QED) is 0.803. The van der Waals surface area contributed by atoms with E-state index in [-0.39, 0.29) is 5.91 Å². The first-order chi connectivity index (χ1) is 11.5. The Hall–Kier alpha value is -2.89. The van der Waals surface area contributed by atoms with Gasteiger partial charge in [-0.3, -0.25) is 14.6 Å². The molecule has 0 unspecified atom stereocenters. The Bertz CT molecular complexity index is 863. The molecule has 0 atom stereocenters. The molecular formula is C18H21N5O. The van der Waals surface area contributed by atoms with Gasteiger partial charge < -0.3 is 4.90 Å². The van der Waals surface area contributed by atoms with Gasteiger partial charge in [0.05, 0.1) is 11.4 Å². The van der Waals surface area contributed by atoms with Crippen molar-refractivity contribution in [2.45, 2.75) is 20.4 Å². The molecule has 0 radical (unpaired) electrons. The van der Waals surface area contributed by atoms with E-state index >= 15 is 0 Å². The van der Waals surface area contributed by atoms with Crippen molar-refractivity contribution in [3.8, 4) is 11.3 Å². The topological polar surface area (TPSA) is 66.8 Å². The van der Waals surface area contributed by atoms with E-state index < -0.39 is 0 Å². The number of hydrogen-bond donors (Lipinski definition) is 1. The number of hydrogen-bond acceptors (Lipinski definition) is 3. The van der Waals surface area contributed by atoms with Crippen LogP contribution in [0, 0.1) is 13.8 Å². The maximum Gasteiger partial charge on any atom is 0.271 e. The molecule has 1 amide bonds. The van der Waals surface area contributed by atoms with Crippen LogP contribution in [0.4, 0.5) is 0 Å². The summed E-state index contributed by atoms with van der Waals surface area (Å²) in [6.45, 7) is 4.49. The van der Waals surface area contributed by atoms with E-state index in [1.54, 1.807) is 18.0 Å². The summed E-state index contributed by atoms with van der Waals surface area (Å²) in [5.74, 6) is -0.0863. The van der Waals surface area contributed by atoms with Crippen molar-refractivity contribution >= 4 is 5.91 Å². The minimum atomic E-state index is -0.0863. The predicted molar refractivity (Wildman–Crippen MR) is 92.5 cm³/mol. The molecule has 0 saturated carbocycles. The minimum Gasteiger partial charge on any atom is -0.336 e. The Balaban J connectivity index is 1.81. The fraction of sp³-hybridized carbons (Fsp3) is 0.278. The number of H-pyrrole nitrogens is 1. The van der Waals surface area contributed by atoms with E-state index in [0.29, 0.717) is 12.2 Å². The molecule has 6 heteroatoms.